The van der Waals surface area contributed by atoms with Crippen LogP contribution in [0.2, 0.25) is 0 Å². The number of halogens is 6. The highest BCUT2D eigenvalue weighted by molar-refractivity contribution is 7.36. The maximum atomic E-state index is 12.9. The van der Waals surface area contributed by atoms with Gasteiger partial charge < -0.3 is 19.7 Å². The summed E-state index contributed by atoms with van der Waals surface area (Å²) in [6, 6.07) is 4.84. The quantitative estimate of drug-likeness (QED) is 0.0779. The number of benzene rings is 1. The fourth-order valence-electron chi connectivity index (χ4n) is 3.29. The number of hydrogen-bond acceptors (Lipinski definition) is 6. The van der Waals surface area contributed by atoms with Crippen LogP contribution >= 0.6 is 17.8 Å². The molecule has 0 aliphatic heterocycles. The van der Waals surface area contributed by atoms with Crippen LogP contribution in [0.5, 0.6) is 0 Å². The van der Waals surface area contributed by atoms with Gasteiger partial charge in [-0.3, -0.25) is 9.53 Å². The van der Waals surface area contributed by atoms with Crippen LogP contribution in [-0.4, -0.2) is 80.4 Å². The Kier molecular flexibility index (Phi) is 18.8. The molecular weight excluding hydrogens is 584 g/mol. The van der Waals surface area contributed by atoms with E-state index >= 15 is 0 Å². The van der Waals surface area contributed by atoms with Crippen LogP contribution in [0.1, 0.15) is 35.3 Å². The van der Waals surface area contributed by atoms with Crippen molar-refractivity contribution in [1.29, 1.82) is 0 Å². The number of amides is 1. The predicted molar refractivity (Wildman–Crippen MR) is 151 cm³/mol. The van der Waals surface area contributed by atoms with Crippen LogP contribution in [0.4, 0.5) is 26.3 Å². The first-order valence-corrected chi connectivity index (χ1v) is 14.8. The van der Waals surface area contributed by atoms with Gasteiger partial charge in [0.2, 0.25) is 0 Å². The van der Waals surface area contributed by atoms with Gasteiger partial charge in [-0.1, -0.05) is 6.66 Å². The Hall–Kier alpha value is -2.11. The largest absolute Gasteiger partial charge is 0.522 e. The minimum Gasteiger partial charge on any atom is -0.371 e. The van der Waals surface area contributed by atoms with Crippen LogP contribution in [0.25, 0.3) is 10.9 Å². The number of carbonyl (C=O) groups is 1. The van der Waals surface area contributed by atoms with E-state index in [1.807, 2.05) is 6.66 Å². The maximum Gasteiger partial charge on any atom is 0.522 e. The summed E-state index contributed by atoms with van der Waals surface area (Å²) in [5, 5.41) is 18.4. The third-order valence-electron chi connectivity index (χ3n) is 5.05. The minimum absolute atomic E-state index is 0.127. The van der Waals surface area contributed by atoms with Crippen LogP contribution in [-0.2, 0) is 22.7 Å². The predicted octanol–water partition coefficient (Wildman–Crippen LogP) is 5.44. The molecule has 228 valence electrons. The van der Waals surface area contributed by atoms with Gasteiger partial charge in [0.15, 0.2) is 0 Å². The topological polar surface area (TPSA) is 97.4 Å². The lowest BCUT2D eigenvalue weighted by atomic mass is 10.1. The molecule has 0 fully saturated rings. The summed E-state index contributed by atoms with van der Waals surface area (Å²) in [6.45, 7) is 5.87. The van der Waals surface area contributed by atoms with Crippen molar-refractivity contribution in [2.45, 2.75) is 37.8 Å². The van der Waals surface area contributed by atoms with Gasteiger partial charge >= 0.3 is 12.5 Å². The minimum atomic E-state index is -4.61. The second-order valence-electron chi connectivity index (χ2n) is 7.78. The average molecular weight is 621 g/mol. The number of aryl methyl sites for hydroxylation is 1. The number of fused-ring (bicyclic) bond motifs is 1. The van der Waals surface area contributed by atoms with Crippen LogP contribution in [0.15, 0.2) is 34.5 Å². The van der Waals surface area contributed by atoms with Gasteiger partial charge in [-0.2, -0.15) is 23.4 Å². The zero-order valence-electron chi connectivity index (χ0n) is 22.5. The standard InChI is InChI=1S/C19H24F3N4OP.C4H7F3O3.CH5P/c1-23-24-9-8-15(5-4-10-28-3)25-18(27)17-12-13-11-14(19(20,21)22)6-7-16(13)26(17)2;5-4(6,7)10-2-1-9-3-8;1-2/h6-7,9,11-12,15,28H,1,4-5,8,10H2,2-3H3,(H,25,27);8H,1-3H2;2H2,1H3/b24-9+;;/t15-;;/m0../s1. The molecule has 2 unspecified atom stereocenters. The summed E-state index contributed by atoms with van der Waals surface area (Å²) >= 11 is 0. The molecule has 0 aliphatic carbocycles. The first-order chi connectivity index (χ1) is 18.8. The van der Waals surface area contributed by atoms with Crippen molar-refractivity contribution in [1.82, 2.24) is 9.88 Å². The molecule has 0 radical (unpaired) electrons. The lowest BCUT2D eigenvalue weighted by molar-refractivity contribution is -0.327. The summed E-state index contributed by atoms with van der Waals surface area (Å²) in [4.78, 5) is 12.8. The number of ether oxygens (including phenoxy) is 2. The first-order valence-electron chi connectivity index (χ1n) is 11.9. The van der Waals surface area contributed by atoms with Crippen molar-refractivity contribution in [2.75, 3.05) is 39.5 Å². The second kappa shape index (κ2) is 19.9. The van der Waals surface area contributed by atoms with E-state index in [-0.39, 0.29) is 18.6 Å². The Morgan fingerprint density at radius 2 is 1.90 bits per heavy atom. The number of nitrogens with zero attached hydrogens (tertiary/aromatic N) is 3. The summed E-state index contributed by atoms with van der Waals surface area (Å²) < 4.78 is 81.3. The van der Waals surface area contributed by atoms with Gasteiger partial charge in [0.05, 0.1) is 18.8 Å². The number of hydrogen-bond donors (Lipinski definition) is 2. The maximum absolute atomic E-state index is 12.9. The van der Waals surface area contributed by atoms with Gasteiger partial charge in [0.1, 0.15) is 12.5 Å². The number of aliphatic hydroxyl groups excluding tert-OH is 1. The molecule has 40 heavy (non-hydrogen) atoms. The van der Waals surface area contributed by atoms with Crippen LogP contribution in [0, 0.1) is 0 Å². The van der Waals surface area contributed by atoms with Crippen LogP contribution in [0.3, 0.4) is 0 Å². The lowest BCUT2D eigenvalue weighted by Crippen LogP contribution is -2.36. The summed E-state index contributed by atoms with van der Waals surface area (Å²) in [6.07, 6.45) is -4.08. The van der Waals surface area contributed by atoms with Gasteiger partial charge in [0.25, 0.3) is 5.91 Å². The van der Waals surface area contributed by atoms with Crippen molar-refractivity contribution in [3.8, 4) is 0 Å². The molecule has 1 heterocycles. The lowest BCUT2D eigenvalue weighted by Gasteiger charge is -2.17. The molecule has 1 aromatic heterocycles. The average Bonchev–Trinajstić information content (AvgIpc) is 3.23. The molecule has 8 nitrogen and oxygen atoms in total. The van der Waals surface area contributed by atoms with Crippen molar-refractivity contribution < 1.29 is 45.7 Å². The molecular formula is C24H36F6N4O4P2. The second-order valence-corrected chi connectivity index (χ2v) is 8.99. The fraction of sp³-hybridized carbons (Fsp3) is 0.542. The van der Waals surface area contributed by atoms with E-state index in [0.717, 1.165) is 39.7 Å². The summed E-state index contributed by atoms with van der Waals surface area (Å²) in [5.41, 5.74) is 0.152. The van der Waals surface area contributed by atoms with E-state index in [0.29, 0.717) is 23.0 Å². The Labute approximate surface area is 233 Å². The van der Waals surface area contributed by atoms with E-state index in [4.69, 9.17) is 5.11 Å². The monoisotopic (exact) mass is 620 g/mol. The Morgan fingerprint density at radius 3 is 2.45 bits per heavy atom. The highest BCUT2D eigenvalue weighted by atomic mass is 31.1. The van der Waals surface area contributed by atoms with Gasteiger partial charge in [0, 0.05) is 43.3 Å². The third kappa shape index (κ3) is 15.0. The number of alkyl halides is 6. The number of rotatable bonds is 13. The number of aromatic nitrogens is 1. The van der Waals surface area contributed by atoms with Gasteiger partial charge in [-0.15, -0.1) is 31.0 Å². The number of carbonyl (C=O) groups excluding carboxylic acids is 1. The van der Waals surface area contributed by atoms with Crippen molar-refractivity contribution in [3.05, 3.63) is 35.5 Å². The molecule has 1 amide bonds. The first kappa shape index (κ1) is 37.9. The molecule has 0 spiro atoms. The highest BCUT2D eigenvalue weighted by Gasteiger charge is 2.31. The molecule has 3 atom stereocenters. The third-order valence-corrected chi connectivity index (χ3v) is 5.91. The van der Waals surface area contributed by atoms with Crippen molar-refractivity contribution >= 4 is 47.6 Å². The number of aliphatic hydroxyl groups is 1. The van der Waals surface area contributed by atoms with E-state index in [9.17, 15) is 31.1 Å². The Morgan fingerprint density at radius 1 is 1.23 bits per heavy atom. The van der Waals surface area contributed by atoms with Crippen molar-refractivity contribution in [3.63, 3.8) is 0 Å². The van der Waals surface area contributed by atoms with Crippen LogP contribution < -0.4 is 5.32 Å². The zero-order chi connectivity index (χ0) is 30.8. The van der Waals surface area contributed by atoms with Crippen molar-refractivity contribution in [2.24, 2.45) is 17.3 Å². The summed E-state index contributed by atoms with van der Waals surface area (Å²) in [5.74, 6) is -0.323. The zero-order valence-corrected chi connectivity index (χ0v) is 24.6. The van der Waals surface area contributed by atoms with Gasteiger partial charge in [-0.05, 0) is 49.9 Å². The smallest absolute Gasteiger partial charge is 0.371 e. The molecule has 2 N–H and O–H groups in total. The highest BCUT2D eigenvalue weighted by Crippen LogP contribution is 2.32. The van der Waals surface area contributed by atoms with E-state index in [1.54, 1.807) is 17.8 Å². The normalized spacial score (nSPS) is 12.7. The molecule has 1 aromatic carbocycles. The SMILES string of the molecule is C=N/N=C/C[C@H](CCCPC)NC(=O)c1cc2cc(C(F)(F)F)ccc2n1C.CP.OCOCCOC(F)(F)F. The fourth-order valence-corrected chi connectivity index (χ4v) is 3.85. The van der Waals surface area contributed by atoms with E-state index in [1.165, 1.54) is 12.1 Å². The van der Waals surface area contributed by atoms with Gasteiger partial charge in [-0.25, -0.2) is 0 Å². The molecule has 0 saturated carbocycles. The molecule has 2 rings (SSSR count). The van der Waals surface area contributed by atoms with E-state index in [2.05, 4.69) is 47.6 Å². The molecule has 16 heteroatoms. The molecule has 0 aliphatic rings. The molecule has 2 aromatic rings. The van der Waals surface area contributed by atoms with E-state index < -0.39 is 31.5 Å². The Balaban J connectivity index is 0.00000107. The molecule has 0 saturated heterocycles. The molecule has 0 bridgehead atoms. The number of nitrogens with one attached hydrogen (secondary N) is 1. The Bertz CT molecular complexity index is 1050. The summed E-state index contributed by atoms with van der Waals surface area (Å²) in [7, 11) is 4.93.